The molecule has 1 nitrogen and oxygen atoms in total. The molecule has 0 aromatic rings. The average Bonchev–Trinajstić information content (AvgIpc) is 2.49. The van der Waals surface area contributed by atoms with Crippen molar-refractivity contribution in [3.63, 3.8) is 0 Å². The van der Waals surface area contributed by atoms with E-state index in [4.69, 9.17) is 0 Å². The largest absolute Gasteiger partial charge is 1.00 e. The molecule has 1 aliphatic heterocycles. The van der Waals surface area contributed by atoms with Crippen molar-refractivity contribution >= 4 is 5.71 Å². The number of allylic oxidation sites excluding steroid dienone is 4. The third-order valence-electron chi connectivity index (χ3n) is 2.90. The van der Waals surface area contributed by atoms with E-state index in [1.54, 1.807) is 0 Å². The molecular formula is C13H16Cl2NZr. The van der Waals surface area contributed by atoms with Crippen molar-refractivity contribution in [3.8, 4) is 0 Å². The summed E-state index contributed by atoms with van der Waals surface area (Å²) in [6.07, 6.45) is 2.22. The molecule has 0 bridgehead atoms. The molecule has 0 atom stereocenters. The Morgan fingerprint density at radius 1 is 1.12 bits per heavy atom. The topological polar surface area (TPSA) is 12.4 Å². The van der Waals surface area contributed by atoms with Gasteiger partial charge in [0.25, 0.3) is 0 Å². The van der Waals surface area contributed by atoms with E-state index < -0.39 is 0 Å². The molecule has 91 valence electrons. The zero-order valence-corrected chi connectivity index (χ0v) is 14.8. The third kappa shape index (κ3) is 2.85. The third-order valence-corrected chi connectivity index (χ3v) is 4.49. The number of rotatable bonds is 0. The maximum Gasteiger partial charge on any atom is -1.00 e. The molecule has 0 fully saturated rings. The van der Waals surface area contributed by atoms with Crippen LogP contribution < -0.4 is 24.8 Å². The van der Waals surface area contributed by atoms with Crippen LogP contribution in [0, 0.1) is 5.41 Å². The van der Waals surface area contributed by atoms with Gasteiger partial charge in [0, 0.05) is 0 Å². The normalized spacial score (nSPS) is 18.5. The van der Waals surface area contributed by atoms with Gasteiger partial charge in [-0.2, -0.15) is 0 Å². The molecule has 1 aliphatic carbocycles. The van der Waals surface area contributed by atoms with Crippen molar-refractivity contribution < 1.29 is 49.5 Å². The second-order valence-corrected chi connectivity index (χ2v) is 6.51. The number of fused-ring (bicyclic) bond motifs is 1. The van der Waals surface area contributed by atoms with E-state index in [2.05, 4.69) is 45.7 Å². The Bertz CT molecular complexity index is 462. The molecule has 0 saturated carbocycles. The van der Waals surface area contributed by atoms with Gasteiger partial charge in [-0.1, -0.05) is 0 Å². The first-order chi connectivity index (χ1) is 6.82. The monoisotopic (exact) mass is 346 g/mol. The van der Waals surface area contributed by atoms with Gasteiger partial charge in [0.15, 0.2) is 0 Å². The fourth-order valence-corrected chi connectivity index (χ4v) is 3.15. The number of hydrogen-bond acceptors (Lipinski definition) is 1. The van der Waals surface area contributed by atoms with Crippen LogP contribution >= 0.6 is 0 Å². The second-order valence-electron chi connectivity index (χ2n) is 5.28. The summed E-state index contributed by atoms with van der Waals surface area (Å²) >= 11 is 1.50. The molecule has 0 radical (unpaired) electrons. The Balaban J connectivity index is 0.00000128. The van der Waals surface area contributed by atoms with Crippen molar-refractivity contribution in [3.05, 3.63) is 31.8 Å². The van der Waals surface area contributed by atoms with Gasteiger partial charge in [-0.05, 0) is 0 Å². The Labute approximate surface area is 131 Å². The van der Waals surface area contributed by atoms with Gasteiger partial charge in [-0.3, -0.25) is 0 Å². The van der Waals surface area contributed by atoms with Gasteiger partial charge in [-0.25, -0.2) is 0 Å². The summed E-state index contributed by atoms with van der Waals surface area (Å²) in [4.78, 5) is 4.68. The van der Waals surface area contributed by atoms with Gasteiger partial charge >= 0.3 is 107 Å². The minimum atomic E-state index is 0. The summed E-state index contributed by atoms with van der Waals surface area (Å²) in [6.45, 7) is 11.1. The average molecular weight is 348 g/mol. The number of aliphatic imine (C=N–C) groups is 1. The summed E-state index contributed by atoms with van der Waals surface area (Å²) in [6, 6.07) is 0. The van der Waals surface area contributed by atoms with E-state index in [1.807, 2.05) is 0 Å². The van der Waals surface area contributed by atoms with Crippen LogP contribution in [0.25, 0.3) is 0 Å². The molecule has 2 aliphatic rings. The minimum Gasteiger partial charge on any atom is -1.00 e. The SMILES string of the molecule is CC1=NC2=CC(C)=[C]([Zr+2])C2=C1C(C)(C)C.[Cl-].[Cl-]. The Morgan fingerprint density at radius 3 is 2.12 bits per heavy atom. The van der Waals surface area contributed by atoms with E-state index in [-0.39, 0.29) is 30.2 Å². The smallest absolute Gasteiger partial charge is 1.00 e. The fourth-order valence-electron chi connectivity index (χ4n) is 2.35. The van der Waals surface area contributed by atoms with Gasteiger partial charge in [0.05, 0.1) is 0 Å². The Hall–Kier alpha value is 0.353. The van der Waals surface area contributed by atoms with Crippen LogP contribution in [0.2, 0.25) is 0 Å². The summed E-state index contributed by atoms with van der Waals surface area (Å²) in [5, 5.41) is 0. The zero-order chi connectivity index (χ0) is 11.4. The molecule has 0 spiro atoms. The standard InChI is InChI=1S/C13H16N.2ClH.Zr/c1-8-6-10-11(7-8)14-9(2)12(10)13(3,4)5;;;/h7H,1-5H3;2*1H;/q;;;+2/p-2. The van der Waals surface area contributed by atoms with Crippen LogP contribution in [0.5, 0.6) is 0 Å². The molecule has 17 heavy (non-hydrogen) atoms. The van der Waals surface area contributed by atoms with Gasteiger partial charge in [0.1, 0.15) is 0 Å². The molecule has 0 aromatic heterocycles. The van der Waals surface area contributed by atoms with Crippen molar-refractivity contribution in [2.24, 2.45) is 10.4 Å². The molecule has 0 saturated heterocycles. The molecule has 0 unspecified atom stereocenters. The van der Waals surface area contributed by atoms with Crippen molar-refractivity contribution in [2.75, 3.05) is 0 Å². The molecule has 0 N–H and O–H groups in total. The van der Waals surface area contributed by atoms with Crippen LogP contribution in [0.1, 0.15) is 34.6 Å². The van der Waals surface area contributed by atoms with Crippen LogP contribution in [0.15, 0.2) is 36.8 Å². The van der Waals surface area contributed by atoms with Crippen molar-refractivity contribution in [2.45, 2.75) is 34.6 Å². The minimum absolute atomic E-state index is 0. The predicted octanol–water partition coefficient (Wildman–Crippen LogP) is -2.47. The van der Waals surface area contributed by atoms with E-state index >= 15 is 0 Å². The number of hydrogen-bond donors (Lipinski definition) is 0. The molecule has 1 heterocycles. The molecule has 2 rings (SSSR count). The Morgan fingerprint density at radius 2 is 1.65 bits per heavy atom. The molecule has 0 amide bonds. The first kappa shape index (κ1) is 17.4. The maximum atomic E-state index is 4.68. The fraction of sp³-hybridized carbons (Fsp3) is 0.462. The van der Waals surface area contributed by atoms with Crippen molar-refractivity contribution in [1.82, 2.24) is 0 Å². The molecule has 0 aromatic carbocycles. The van der Waals surface area contributed by atoms with E-state index in [0.29, 0.717) is 0 Å². The summed E-state index contributed by atoms with van der Waals surface area (Å²) < 4.78 is 1.49. The van der Waals surface area contributed by atoms with E-state index in [9.17, 15) is 0 Å². The van der Waals surface area contributed by atoms with Crippen LogP contribution in [-0.2, 0) is 24.7 Å². The summed E-state index contributed by atoms with van der Waals surface area (Å²) in [5.41, 5.74) is 6.87. The number of nitrogens with zero attached hydrogens (tertiary/aromatic N) is 1. The van der Waals surface area contributed by atoms with Gasteiger partial charge in [-0.15, -0.1) is 0 Å². The van der Waals surface area contributed by atoms with Crippen molar-refractivity contribution in [1.29, 1.82) is 0 Å². The van der Waals surface area contributed by atoms with Crippen LogP contribution in [0.4, 0.5) is 0 Å². The van der Waals surface area contributed by atoms with Crippen LogP contribution in [0.3, 0.4) is 0 Å². The Kier molecular flexibility index (Phi) is 5.67. The molecule has 4 heteroatoms. The van der Waals surface area contributed by atoms with E-state index in [0.717, 1.165) is 0 Å². The summed E-state index contributed by atoms with van der Waals surface area (Å²) in [5.74, 6) is 0. The van der Waals surface area contributed by atoms with Gasteiger partial charge in [0.2, 0.25) is 0 Å². The quantitative estimate of drug-likeness (QED) is 0.460. The number of halogens is 2. The maximum absolute atomic E-state index is 4.68. The first-order valence-corrected chi connectivity index (χ1v) is 6.50. The van der Waals surface area contributed by atoms with E-state index in [1.165, 1.54) is 56.1 Å². The van der Waals surface area contributed by atoms with Gasteiger partial charge < -0.3 is 24.8 Å². The zero-order valence-electron chi connectivity index (χ0n) is 10.8. The molecular weight excluding hydrogens is 332 g/mol. The second kappa shape index (κ2) is 5.55. The van der Waals surface area contributed by atoms with Crippen LogP contribution in [-0.4, -0.2) is 5.71 Å². The first-order valence-electron chi connectivity index (χ1n) is 5.27. The predicted molar refractivity (Wildman–Crippen MR) is 60.4 cm³/mol. The summed E-state index contributed by atoms with van der Waals surface area (Å²) in [7, 11) is 0.